The predicted molar refractivity (Wildman–Crippen MR) is 51.8 cm³/mol. The number of hydrogen-bond donors (Lipinski definition) is 1. The topological polar surface area (TPSA) is 28.7 Å². The molecule has 1 aromatic heterocycles. The standard InChI is InChI=1S/C8H12Cl2N2/c1-2-3-4-5-6-7(9)12-8(10)11-6/h2-5H2,1H3,(H,11,12). The molecular weight excluding hydrogens is 195 g/mol. The molecule has 0 unspecified atom stereocenters. The van der Waals surface area contributed by atoms with Crippen LogP contribution in [0.15, 0.2) is 0 Å². The van der Waals surface area contributed by atoms with Crippen LogP contribution < -0.4 is 0 Å². The highest BCUT2D eigenvalue weighted by Crippen LogP contribution is 2.17. The number of hydrogen-bond acceptors (Lipinski definition) is 1. The minimum Gasteiger partial charge on any atom is -0.331 e. The summed E-state index contributed by atoms with van der Waals surface area (Å²) in [5.41, 5.74) is 0.954. The molecular formula is C8H12Cl2N2. The Balaban J connectivity index is 2.45. The number of imidazole rings is 1. The molecule has 0 saturated heterocycles. The van der Waals surface area contributed by atoms with Crippen LogP contribution in [0, 0.1) is 0 Å². The molecule has 1 aromatic rings. The summed E-state index contributed by atoms with van der Waals surface area (Å²) in [6, 6.07) is 0. The molecule has 12 heavy (non-hydrogen) atoms. The molecule has 0 radical (unpaired) electrons. The van der Waals surface area contributed by atoms with Crippen LogP contribution in [-0.2, 0) is 6.42 Å². The van der Waals surface area contributed by atoms with Crippen LogP contribution in [0.4, 0.5) is 0 Å². The molecule has 68 valence electrons. The highest BCUT2D eigenvalue weighted by Gasteiger charge is 2.05. The van der Waals surface area contributed by atoms with Crippen molar-refractivity contribution in [1.82, 2.24) is 9.97 Å². The summed E-state index contributed by atoms with van der Waals surface area (Å²) in [6.07, 6.45) is 4.49. The van der Waals surface area contributed by atoms with Crippen molar-refractivity contribution >= 4 is 23.2 Å². The first-order valence-corrected chi connectivity index (χ1v) is 4.89. The van der Waals surface area contributed by atoms with Crippen LogP contribution in [0.25, 0.3) is 0 Å². The molecule has 2 nitrogen and oxygen atoms in total. The van der Waals surface area contributed by atoms with E-state index in [0.717, 1.165) is 18.5 Å². The molecule has 0 aliphatic heterocycles. The summed E-state index contributed by atoms with van der Waals surface area (Å²) in [6.45, 7) is 2.17. The van der Waals surface area contributed by atoms with E-state index in [1.165, 1.54) is 12.8 Å². The first-order valence-electron chi connectivity index (χ1n) is 4.14. The van der Waals surface area contributed by atoms with Crippen LogP contribution in [0.3, 0.4) is 0 Å². The molecule has 0 atom stereocenters. The third-order valence-electron chi connectivity index (χ3n) is 1.73. The average Bonchev–Trinajstić information content (AvgIpc) is 2.31. The van der Waals surface area contributed by atoms with Gasteiger partial charge in [-0.1, -0.05) is 31.4 Å². The lowest BCUT2D eigenvalue weighted by Crippen LogP contribution is -1.85. The molecule has 0 spiro atoms. The lowest BCUT2D eigenvalue weighted by molar-refractivity contribution is 0.709. The van der Waals surface area contributed by atoms with Gasteiger partial charge in [0.2, 0.25) is 5.28 Å². The number of H-pyrrole nitrogens is 1. The average molecular weight is 207 g/mol. The third-order valence-corrected chi connectivity index (χ3v) is 2.22. The number of aryl methyl sites for hydroxylation is 1. The van der Waals surface area contributed by atoms with Gasteiger partial charge in [0.25, 0.3) is 0 Å². The normalized spacial score (nSPS) is 10.6. The molecule has 0 aliphatic rings. The highest BCUT2D eigenvalue weighted by molar-refractivity contribution is 6.32. The van der Waals surface area contributed by atoms with Crippen LogP contribution >= 0.6 is 23.2 Å². The SMILES string of the molecule is CCCCCc1[nH]c(Cl)nc1Cl. The summed E-state index contributed by atoms with van der Waals surface area (Å²) < 4.78 is 0. The van der Waals surface area contributed by atoms with Crippen molar-refractivity contribution in [1.29, 1.82) is 0 Å². The smallest absolute Gasteiger partial charge is 0.201 e. The van der Waals surface area contributed by atoms with Gasteiger partial charge in [-0.2, -0.15) is 0 Å². The minimum atomic E-state index is 0.381. The van der Waals surface area contributed by atoms with Crippen LogP contribution in [0.2, 0.25) is 10.4 Å². The first kappa shape index (κ1) is 9.87. The molecule has 0 fully saturated rings. The van der Waals surface area contributed by atoms with Gasteiger partial charge in [-0.25, -0.2) is 4.98 Å². The van der Waals surface area contributed by atoms with Gasteiger partial charge in [0.05, 0.1) is 5.69 Å². The summed E-state index contributed by atoms with van der Waals surface area (Å²) in [5, 5.41) is 0.891. The zero-order chi connectivity index (χ0) is 8.97. The van der Waals surface area contributed by atoms with Crippen molar-refractivity contribution in [2.24, 2.45) is 0 Å². The Bertz CT molecular complexity index is 245. The summed E-state index contributed by atoms with van der Waals surface area (Å²) in [5.74, 6) is 0. The molecule has 4 heteroatoms. The zero-order valence-corrected chi connectivity index (χ0v) is 8.54. The van der Waals surface area contributed by atoms with Crippen LogP contribution in [0.1, 0.15) is 31.9 Å². The van der Waals surface area contributed by atoms with Gasteiger partial charge in [0.1, 0.15) is 0 Å². The number of nitrogens with zero attached hydrogens (tertiary/aromatic N) is 1. The molecule has 1 rings (SSSR count). The number of unbranched alkanes of at least 4 members (excludes halogenated alkanes) is 2. The Kier molecular flexibility index (Phi) is 3.89. The van der Waals surface area contributed by atoms with Crippen molar-refractivity contribution in [3.63, 3.8) is 0 Å². The van der Waals surface area contributed by atoms with Gasteiger partial charge in [0.15, 0.2) is 5.15 Å². The van der Waals surface area contributed by atoms with E-state index in [2.05, 4.69) is 16.9 Å². The van der Waals surface area contributed by atoms with E-state index < -0.39 is 0 Å². The molecule has 0 saturated carbocycles. The molecule has 0 aromatic carbocycles. The predicted octanol–water partition coefficient (Wildman–Crippen LogP) is 3.45. The van der Waals surface area contributed by atoms with Crippen molar-refractivity contribution < 1.29 is 0 Å². The number of halogens is 2. The summed E-state index contributed by atoms with van der Waals surface area (Å²) >= 11 is 11.4. The van der Waals surface area contributed by atoms with Crippen molar-refractivity contribution in [3.8, 4) is 0 Å². The van der Waals surface area contributed by atoms with Gasteiger partial charge in [-0.3, -0.25) is 0 Å². The fourth-order valence-electron chi connectivity index (χ4n) is 1.08. The molecule has 1 heterocycles. The highest BCUT2D eigenvalue weighted by atomic mass is 35.5. The Morgan fingerprint density at radius 3 is 2.58 bits per heavy atom. The van der Waals surface area contributed by atoms with Gasteiger partial charge in [-0.05, 0) is 24.4 Å². The van der Waals surface area contributed by atoms with Crippen molar-refractivity contribution in [2.45, 2.75) is 32.6 Å². The second kappa shape index (κ2) is 4.73. The van der Waals surface area contributed by atoms with Crippen molar-refractivity contribution in [2.75, 3.05) is 0 Å². The van der Waals surface area contributed by atoms with Crippen LogP contribution in [-0.4, -0.2) is 9.97 Å². The minimum absolute atomic E-state index is 0.381. The number of rotatable bonds is 4. The number of aromatic amines is 1. The van der Waals surface area contributed by atoms with Crippen LogP contribution in [0.5, 0.6) is 0 Å². The fraction of sp³-hybridized carbons (Fsp3) is 0.625. The van der Waals surface area contributed by atoms with Crippen molar-refractivity contribution in [3.05, 3.63) is 16.1 Å². The largest absolute Gasteiger partial charge is 0.331 e. The maximum absolute atomic E-state index is 5.80. The zero-order valence-electron chi connectivity index (χ0n) is 7.03. The fourth-order valence-corrected chi connectivity index (χ4v) is 1.54. The quantitative estimate of drug-likeness (QED) is 0.752. The summed E-state index contributed by atoms with van der Waals surface area (Å²) in [4.78, 5) is 6.79. The summed E-state index contributed by atoms with van der Waals surface area (Å²) in [7, 11) is 0. The van der Waals surface area contributed by atoms with Gasteiger partial charge < -0.3 is 4.98 Å². The molecule has 0 bridgehead atoms. The Hall–Kier alpha value is -0.210. The van der Waals surface area contributed by atoms with E-state index in [9.17, 15) is 0 Å². The molecule has 0 amide bonds. The van der Waals surface area contributed by atoms with E-state index in [1.807, 2.05) is 0 Å². The van der Waals surface area contributed by atoms with Gasteiger partial charge in [-0.15, -0.1) is 0 Å². The number of nitrogens with one attached hydrogen (secondary N) is 1. The number of aromatic nitrogens is 2. The van der Waals surface area contributed by atoms with E-state index in [-0.39, 0.29) is 0 Å². The third kappa shape index (κ3) is 2.68. The monoisotopic (exact) mass is 206 g/mol. The Morgan fingerprint density at radius 1 is 1.33 bits per heavy atom. The van der Waals surface area contributed by atoms with Gasteiger partial charge >= 0.3 is 0 Å². The maximum atomic E-state index is 5.80. The van der Waals surface area contributed by atoms with E-state index in [4.69, 9.17) is 23.2 Å². The second-order valence-electron chi connectivity index (χ2n) is 2.75. The van der Waals surface area contributed by atoms with E-state index >= 15 is 0 Å². The maximum Gasteiger partial charge on any atom is 0.201 e. The van der Waals surface area contributed by atoms with Gasteiger partial charge in [0, 0.05) is 0 Å². The Morgan fingerprint density at radius 2 is 2.08 bits per heavy atom. The lowest BCUT2D eigenvalue weighted by atomic mass is 10.2. The lowest BCUT2D eigenvalue weighted by Gasteiger charge is -1.95. The second-order valence-corrected chi connectivity index (χ2v) is 3.47. The first-order chi connectivity index (χ1) is 5.74. The molecule has 1 N–H and O–H groups in total. The van der Waals surface area contributed by atoms with E-state index in [0.29, 0.717) is 10.4 Å². The Labute approximate surface area is 82.3 Å². The molecule has 0 aliphatic carbocycles. The van der Waals surface area contributed by atoms with E-state index in [1.54, 1.807) is 0 Å².